The summed E-state index contributed by atoms with van der Waals surface area (Å²) in [4.78, 5) is 6.82. The lowest BCUT2D eigenvalue weighted by molar-refractivity contribution is 0.185. The van der Waals surface area contributed by atoms with Gasteiger partial charge in [-0.25, -0.2) is 0 Å². The molecule has 0 fully saturated rings. The van der Waals surface area contributed by atoms with Crippen molar-refractivity contribution < 1.29 is 9.15 Å². The highest BCUT2D eigenvalue weighted by Gasteiger charge is 2.23. The van der Waals surface area contributed by atoms with Crippen LogP contribution in [0.2, 0.25) is 0 Å². The molecule has 0 saturated carbocycles. The summed E-state index contributed by atoms with van der Waals surface area (Å²) in [6, 6.07) is 15.2. The molecular formula is C23H20N2O2. The molecule has 0 saturated heterocycles. The van der Waals surface area contributed by atoms with Gasteiger partial charge in [0, 0.05) is 13.3 Å². The van der Waals surface area contributed by atoms with Gasteiger partial charge >= 0.3 is 6.01 Å². The summed E-state index contributed by atoms with van der Waals surface area (Å²) in [5, 5.41) is 0. The standard InChI is InChI=1S/C23H20N2O2/c1-26-15-16-6-8-17(9-7-16)18-10-11-22-21(12-18)24-23(27-22)25-13-19-4-2-3-5-20(19)14-25/h2-4,6-12,14H,5,13,15H2,1H3. The molecule has 2 heterocycles. The third-order valence-electron chi connectivity index (χ3n) is 5.06. The molecule has 3 aromatic rings. The minimum absolute atomic E-state index is 0.628. The number of fused-ring (bicyclic) bond motifs is 2. The number of aromatic nitrogens is 1. The average Bonchev–Trinajstić information content (AvgIpc) is 3.32. The van der Waals surface area contributed by atoms with Gasteiger partial charge in [-0.05, 0) is 46.4 Å². The van der Waals surface area contributed by atoms with Crippen LogP contribution in [0.4, 0.5) is 6.01 Å². The quantitative estimate of drug-likeness (QED) is 0.641. The van der Waals surface area contributed by atoms with E-state index < -0.39 is 0 Å². The zero-order valence-corrected chi connectivity index (χ0v) is 15.2. The molecule has 2 aromatic carbocycles. The number of hydrogen-bond acceptors (Lipinski definition) is 4. The molecule has 4 heteroatoms. The molecule has 0 N–H and O–H groups in total. The lowest BCUT2D eigenvalue weighted by atomic mass is 10.0. The zero-order chi connectivity index (χ0) is 18.2. The molecule has 1 aliphatic heterocycles. The number of rotatable bonds is 4. The lowest BCUT2D eigenvalue weighted by Gasteiger charge is -2.09. The van der Waals surface area contributed by atoms with Crippen LogP contribution in [0.3, 0.4) is 0 Å². The molecule has 0 radical (unpaired) electrons. The molecule has 2 aliphatic rings. The summed E-state index contributed by atoms with van der Waals surface area (Å²) in [6.45, 7) is 1.45. The van der Waals surface area contributed by atoms with Gasteiger partial charge in [0.15, 0.2) is 5.58 Å². The monoisotopic (exact) mass is 356 g/mol. The van der Waals surface area contributed by atoms with Crippen molar-refractivity contribution in [3.8, 4) is 11.1 Å². The van der Waals surface area contributed by atoms with E-state index in [1.54, 1.807) is 7.11 Å². The number of oxazole rings is 1. The summed E-state index contributed by atoms with van der Waals surface area (Å²) in [5.41, 5.74) is 7.83. The van der Waals surface area contributed by atoms with E-state index >= 15 is 0 Å². The van der Waals surface area contributed by atoms with Crippen molar-refractivity contribution in [1.29, 1.82) is 0 Å². The van der Waals surface area contributed by atoms with Crippen LogP contribution in [0, 0.1) is 0 Å². The van der Waals surface area contributed by atoms with Crippen LogP contribution in [0.5, 0.6) is 0 Å². The summed E-state index contributed by atoms with van der Waals surface area (Å²) in [5.74, 6) is 0. The minimum atomic E-state index is 0.628. The SMILES string of the molecule is COCc1ccc(-c2ccc3oc(N4C=C5CC=CC=C5C4)nc3c2)cc1. The van der Waals surface area contributed by atoms with Crippen LogP contribution in [0.1, 0.15) is 12.0 Å². The summed E-state index contributed by atoms with van der Waals surface area (Å²) >= 11 is 0. The van der Waals surface area contributed by atoms with E-state index in [0.717, 1.165) is 35.2 Å². The first kappa shape index (κ1) is 16.1. The highest BCUT2D eigenvalue weighted by molar-refractivity contribution is 5.82. The summed E-state index contributed by atoms with van der Waals surface area (Å²) in [7, 11) is 1.71. The van der Waals surface area contributed by atoms with Crippen LogP contribution >= 0.6 is 0 Å². The lowest BCUT2D eigenvalue weighted by Crippen LogP contribution is -2.13. The fraction of sp³-hybridized carbons (Fsp3) is 0.174. The molecule has 134 valence electrons. The molecule has 0 amide bonds. The molecule has 0 bridgehead atoms. The number of anilines is 1. The van der Waals surface area contributed by atoms with E-state index in [4.69, 9.17) is 14.1 Å². The number of nitrogens with zero attached hydrogens (tertiary/aromatic N) is 2. The van der Waals surface area contributed by atoms with Gasteiger partial charge in [-0.1, -0.05) is 48.6 Å². The molecule has 0 atom stereocenters. The molecular weight excluding hydrogens is 336 g/mol. The second-order valence-electron chi connectivity index (χ2n) is 6.92. The van der Waals surface area contributed by atoms with Crippen LogP contribution < -0.4 is 4.90 Å². The maximum Gasteiger partial charge on any atom is 0.302 e. The van der Waals surface area contributed by atoms with Crippen molar-refractivity contribution in [2.24, 2.45) is 0 Å². The third kappa shape index (κ3) is 2.98. The van der Waals surface area contributed by atoms with Gasteiger partial charge in [-0.2, -0.15) is 4.98 Å². The topological polar surface area (TPSA) is 38.5 Å². The largest absolute Gasteiger partial charge is 0.423 e. The Kier molecular flexibility index (Phi) is 3.91. The molecule has 1 aromatic heterocycles. The Balaban J connectivity index is 1.44. The Morgan fingerprint density at radius 3 is 2.74 bits per heavy atom. The fourth-order valence-corrected chi connectivity index (χ4v) is 3.63. The van der Waals surface area contributed by atoms with Crippen molar-refractivity contribution in [3.63, 3.8) is 0 Å². The van der Waals surface area contributed by atoms with Crippen molar-refractivity contribution in [1.82, 2.24) is 4.98 Å². The Bertz CT molecular complexity index is 1090. The molecule has 27 heavy (non-hydrogen) atoms. The van der Waals surface area contributed by atoms with Crippen LogP contribution in [-0.4, -0.2) is 18.6 Å². The number of allylic oxidation sites excluding steroid dienone is 3. The van der Waals surface area contributed by atoms with Crippen molar-refractivity contribution in [3.05, 3.63) is 83.6 Å². The number of hydrogen-bond donors (Lipinski definition) is 0. The third-order valence-corrected chi connectivity index (χ3v) is 5.06. The number of ether oxygens (including phenoxy) is 1. The zero-order valence-electron chi connectivity index (χ0n) is 15.2. The van der Waals surface area contributed by atoms with Crippen molar-refractivity contribution in [2.45, 2.75) is 13.0 Å². The summed E-state index contributed by atoms with van der Waals surface area (Å²) in [6.07, 6.45) is 9.59. The first-order chi connectivity index (χ1) is 13.3. The van der Waals surface area contributed by atoms with Crippen LogP contribution in [0.15, 0.2) is 82.5 Å². The van der Waals surface area contributed by atoms with Crippen LogP contribution in [0.25, 0.3) is 22.2 Å². The van der Waals surface area contributed by atoms with E-state index in [2.05, 4.69) is 65.7 Å². The fourth-order valence-electron chi connectivity index (χ4n) is 3.63. The Hall–Kier alpha value is -3.11. The van der Waals surface area contributed by atoms with Crippen LogP contribution in [-0.2, 0) is 11.3 Å². The van der Waals surface area contributed by atoms with Gasteiger partial charge in [0.2, 0.25) is 0 Å². The van der Waals surface area contributed by atoms with Crippen molar-refractivity contribution >= 4 is 17.1 Å². The molecule has 0 unspecified atom stereocenters. The van der Waals surface area contributed by atoms with Gasteiger partial charge in [0.05, 0.1) is 13.2 Å². The van der Waals surface area contributed by atoms with Gasteiger partial charge in [0.25, 0.3) is 0 Å². The first-order valence-electron chi connectivity index (χ1n) is 9.12. The first-order valence-corrected chi connectivity index (χ1v) is 9.12. The van der Waals surface area contributed by atoms with Gasteiger partial charge in [-0.15, -0.1) is 0 Å². The Morgan fingerprint density at radius 2 is 1.93 bits per heavy atom. The minimum Gasteiger partial charge on any atom is -0.423 e. The normalized spacial score (nSPS) is 15.8. The smallest absolute Gasteiger partial charge is 0.302 e. The highest BCUT2D eigenvalue weighted by atomic mass is 16.5. The summed E-state index contributed by atoms with van der Waals surface area (Å²) < 4.78 is 11.2. The predicted octanol–water partition coefficient (Wildman–Crippen LogP) is 5.23. The Labute approximate surface area is 158 Å². The number of benzene rings is 2. The van der Waals surface area contributed by atoms with E-state index in [0.29, 0.717) is 12.6 Å². The maximum atomic E-state index is 6.01. The predicted molar refractivity (Wildman–Crippen MR) is 107 cm³/mol. The second-order valence-corrected chi connectivity index (χ2v) is 6.92. The second kappa shape index (κ2) is 6.56. The molecule has 4 nitrogen and oxygen atoms in total. The molecule has 0 spiro atoms. The van der Waals surface area contributed by atoms with E-state index in [1.807, 2.05) is 6.07 Å². The number of methoxy groups -OCH3 is 1. The van der Waals surface area contributed by atoms with E-state index in [-0.39, 0.29) is 0 Å². The molecule has 1 aliphatic carbocycles. The van der Waals surface area contributed by atoms with Gasteiger partial charge < -0.3 is 9.15 Å². The van der Waals surface area contributed by atoms with Gasteiger partial charge in [-0.3, -0.25) is 4.90 Å². The highest BCUT2D eigenvalue weighted by Crippen LogP contribution is 2.33. The van der Waals surface area contributed by atoms with Gasteiger partial charge in [0.1, 0.15) is 5.52 Å². The average molecular weight is 356 g/mol. The van der Waals surface area contributed by atoms with E-state index in [9.17, 15) is 0 Å². The van der Waals surface area contributed by atoms with E-state index in [1.165, 1.54) is 16.7 Å². The Morgan fingerprint density at radius 1 is 1.07 bits per heavy atom. The molecule has 5 rings (SSSR count). The maximum absolute atomic E-state index is 6.01. The van der Waals surface area contributed by atoms with Crippen molar-refractivity contribution in [2.75, 3.05) is 18.6 Å².